The van der Waals surface area contributed by atoms with E-state index in [-0.39, 0.29) is 5.91 Å². The van der Waals surface area contributed by atoms with Crippen molar-refractivity contribution in [2.75, 3.05) is 13.1 Å². The van der Waals surface area contributed by atoms with Crippen molar-refractivity contribution in [2.45, 2.75) is 38.8 Å². The third kappa shape index (κ3) is 3.55. The number of thiazole rings is 1. The number of rotatable bonds is 5. The molecule has 1 amide bonds. The van der Waals surface area contributed by atoms with Crippen LogP contribution in [0.4, 0.5) is 0 Å². The van der Waals surface area contributed by atoms with E-state index >= 15 is 0 Å². The molecule has 0 saturated carbocycles. The number of aryl methyl sites for hydroxylation is 1. The highest BCUT2D eigenvalue weighted by Crippen LogP contribution is 2.27. The van der Waals surface area contributed by atoms with Crippen LogP contribution in [-0.2, 0) is 17.9 Å². The molecule has 0 bridgehead atoms. The SMILES string of the molecule is Cc1ccnn1CC(=O)N1CCC(c2nccn2Cc2cscn2)CC1. The summed E-state index contributed by atoms with van der Waals surface area (Å²) in [6, 6.07) is 1.92. The molecule has 0 radical (unpaired) electrons. The molecule has 0 N–H and O–H groups in total. The van der Waals surface area contributed by atoms with Gasteiger partial charge in [-0.1, -0.05) is 0 Å². The quantitative estimate of drug-likeness (QED) is 0.691. The first-order valence-electron chi connectivity index (χ1n) is 8.85. The molecule has 3 aromatic heterocycles. The van der Waals surface area contributed by atoms with Crippen molar-refractivity contribution >= 4 is 17.2 Å². The number of aromatic nitrogens is 5. The molecule has 1 saturated heterocycles. The van der Waals surface area contributed by atoms with Crippen molar-refractivity contribution < 1.29 is 4.79 Å². The van der Waals surface area contributed by atoms with Gasteiger partial charge in [-0.2, -0.15) is 5.10 Å². The highest BCUT2D eigenvalue weighted by Gasteiger charge is 2.26. The standard InChI is InChI=1S/C18H22N6OS/c1-14-2-5-21-24(14)11-17(25)22-7-3-15(4-8-22)18-19-6-9-23(18)10-16-12-26-13-20-16/h2,5-6,9,12-13,15H,3-4,7-8,10-11H2,1H3. The molecule has 8 heteroatoms. The van der Waals surface area contributed by atoms with E-state index in [1.54, 1.807) is 22.2 Å². The predicted molar refractivity (Wildman–Crippen MR) is 99.0 cm³/mol. The number of carbonyl (C=O) groups is 1. The van der Waals surface area contributed by atoms with Crippen molar-refractivity contribution in [1.82, 2.24) is 29.2 Å². The van der Waals surface area contributed by atoms with Crippen LogP contribution in [0.15, 0.2) is 35.5 Å². The highest BCUT2D eigenvalue weighted by atomic mass is 32.1. The summed E-state index contributed by atoms with van der Waals surface area (Å²) in [6.45, 7) is 4.59. The van der Waals surface area contributed by atoms with E-state index in [4.69, 9.17) is 0 Å². The highest BCUT2D eigenvalue weighted by molar-refractivity contribution is 7.07. The van der Waals surface area contributed by atoms with Gasteiger partial charge in [0.05, 0.1) is 17.7 Å². The van der Waals surface area contributed by atoms with Gasteiger partial charge in [-0.25, -0.2) is 9.97 Å². The average molecular weight is 370 g/mol. The summed E-state index contributed by atoms with van der Waals surface area (Å²) in [4.78, 5) is 23.4. The lowest BCUT2D eigenvalue weighted by atomic mass is 9.95. The fourth-order valence-corrected chi connectivity index (χ4v) is 4.03. The van der Waals surface area contributed by atoms with Gasteiger partial charge in [0, 0.05) is 48.7 Å². The van der Waals surface area contributed by atoms with Crippen LogP contribution in [0.25, 0.3) is 0 Å². The van der Waals surface area contributed by atoms with Crippen molar-refractivity contribution in [3.8, 4) is 0 Å². The Labute approximate surface area is 156 Å². The van der Waals surface area contributed by atoms with Gasteiger partial charge in [0.1, 0.15) is 12.4 Å². The second kappa shape index (κ2) is 7.41. The minimum absolute atomic E-state index is 0.140. The number of nitrogens with zero attached hydrogens (tertiary/aromatic N) is 6. The maximum absolute atomic E-state index is 12.5. The van der Waals surface area contributed by atoms with E-state index in [9.17, 15) is 4.79 Å². The van der Waals surface area contributed by atoms with Gasteiger partial charge in [-0.15, -0.1) is 11.3 Å². The number of piperidine rings is 1. The minimum Gasteiger partial charge on any atom is -0.341 e. The van der Waals surface area contributed by atoms with Gasteiger partial charge in [0.25, 0.3) is 0 Å². The number of hydrogen-bond acceptors (Lipinski definition) is 5. The molecular weight excluding hydrogens is 348 g/mol. The molecule has 26 heavy (non-hydrogen) atoms. The second-order valence-electron chi connectivity index (χ2n) is 6.68. The topological polar surface area (TPSA) is 68.8 Å². The van der Waals surface area contributed by atoms with E-state index < -0.39 is 0 Å². The van der Waals surface area contributed by atoms with E-state index in [1.165, 1.54) is 0 Å². The van der Waals surface area contributed by atoms with Crippen molar-refractivity contribution in [2.24, 2.45) is 0 Å². The van der Waals surface area contributed by atoms with Crippen LogP contribution in [-0.4, -0.2) is 48.2 Å². The summed E-state index contributed by atoms with van der Waals surface area (Å²) in [5, 5.41) is 6.28. The first kappa shape index (κ1) is 17.0. The Balaban J connectivity index is 1.36. The van der Waals surface area contributed by atoms with Gasteiger partial charge in [-0.05, 0) is 25.8 Å². The number of carbonyl (C=O) groups excluding carboxylic acids is 1. The Hall–Kier alpha value is -2.48. The van der Waals surface area contributed by atoms with Crippen LogP contribution in [0.5, 0.6) is 0 Å². The van der Waals surface area contributed by atoms with Crippen LogP contribution in [0.2, 0.25) is 0 Å². The van der Waals surface area contributed by atoms with Crippen LogP contribution in [0, 0.1) is 6.92 Å². The number of amides is 1. The average Bonchev–Trinajstić information content (AvgIpc) is 3.40. The van der Waals surface area contributed by atoms with Gasteiger partial charge >= 0.3 is 0 Å². The lowest BCUT2D eigenvalue weighted by Gasteiger charge is -2.32. The zero-order valence-electron chi connectivity index (χ0n) is 14.8. The number of imidazole rings is 1. The van der Waals surface area contributed by atoms with Crippen LogP contribution in [0.3, 0.4) is 0 Å². The summed E-state index contributed by atoms with van der Waals surface area (Å²) in [6.07, 6.45) is 7.50. The molecule has 1 aliphatic heterocycles. The Morgan fingerprint density at radius 2 is 2.12 bits per heavy atom. The molecule has 0 spiro atoms. The number of likely N-dealkylation sites (tertiary alicyclic amines) is 1. The summed E-state index contributed by atoms with van der Waals surface area (Å²) >= 11 is 1.61. The molecule has 0 aliphatic carbocycles. The van der Waals surface area contributed by atoms with Crippen LogP contribution in [0.1, 0.15) is 36.0 Å². The number of hydrogen-bond donors (Lipinski definition) is 0. The fourth-order valence-electron chi connectivity index (χ4n) is 3.48. The zero-order chi connectivity index (χ0) is 17.9. The third-order valence-corrected chi connectivity index (χ3v) is 5.63. The molecule has 4 rings (SSSR count). The maximum atomic E-state index is 12.5. The summed E-state index contributed by atoms with van der Waals surface area (Å²) in [5.41, 5.74) is 3.94. The normalized spacial score (nSPS) is 15.5. The second-order valence-corrected chi connectivity index (χ2v) is 7.40. The fraction of sp³-hybridized carbons (Fsp3) is 0.444. The van der Waals surface area contributed by atoms with Crippen LogP contribution >= 0.6 is 11.3 Å². The van der Waals surface area contributed by atoms with E-state index in [1.807, 2.05) is 35.8 Å². The predicted octanol–water partition coefficient (Wildman–Crippen LogP) is 2.30. The van der Waals surface area contributed by atoms with Gasteiger partial charge < -0.3 is 9.47 Å². The summed E-state index contributed by atoms with van der Waals surface area (Å²) in [5.74, 6) is 1.63. The molecule has 0 unspecified atom stereocenters. The van der Waals surface area contributed by atoms with Crippen LogP contribution < -0.4 is 0 Å². The molecule has 0 atom stereocenters. The lowest BCUT2D eigenvalue weighted by molar-refractivity contribution is -0.133. The molecule has 1 aliphatic rings. The maximum Gasteiger partial charge on any atom is 0.244 e. The Morgan fingerprint density at radius 3 is 2.81 bits per heavy atom. The molecule has 136 valence electrons. The minimum atomic E-state index is 0.140. The largest absolute Gasteiger partial charge is 0.341 e. The smallest absolute Gasteiger partial charge is 0.244 e. The molecule has 4 heterocycles. The Bertz CT molecular complexity index is 860. The molecular formula is C18H22N6OS. The lowest BCUT2D eigenvalue weighted by Crippen LogP contribution is -2.40. The van der Waals surface area contributed by atoms with Gasteiger partial charge in [-0.3, -0.25) is 9.48 Å². The Kier molecular flexibility index (Phi) is 4.83. The third-order valence-electron chi connectivity index (χ3n) is 4.99. The van der Waals surface area contributed by atoms with Crippen molar-refractivity contribution in [3.63, 3.8) is 0 Å². The molecule has 7 nitrogen and oxygen atoms in total. The van der Waals surface area contributed by atoms with Crippen molar-refractivity contribution in [3.05, 3.63) is 52.8 Å². The summed E-state index contributed by atoms with van der Waals surface area (Å²) in [7, 11) is 0. The van der Waals surface area contributed by atoms with Gasteiger partial charge in [0.2, 0.25) is 5.91 Å². The van der Waals surface area contributed by atoms with Gasteiger partial charge in [0.15, 0.2) is 0 Å². The monoisotopic (exact) mass is 370 g/mol. The molecule has 0 aromatic carbocycles. The van der Waals surface area contributed by atoms with E-state index in [0.29, 0.717) is 12.5 Å². The summed E-state index contributed by atoms with van der Waals surface area (Å²) < 4.78 is 3.94. The zero-order valence-corrected chi connectivity index (χ0v) is 15.6. The molecule has 1 fully saturated rings. The van der Waals surface area contributed by atoms with Crippen molar-refractivity contribution in [1.29, 1.82) is 0 Å². The first-order chi connectivity index (χ1) is 12.7. The van der Waals surface area contributed by atoms with E-state index in [2.05, 4.69) is 25.0 Å². The molecule has 3 aromatic rings. The van der Waals surface area contributed by atoms with E-state index in [0.717, 1.165) is 49.7 Å². The first-order valence-corrected chi connectivity index (χ1v) is 9.79. The Morgan fingerprint density at radius 1 is 1.27 bits per heavy atom.